The molecule has 29 heavy (non-hydrogen) atoms. The fraction of sp³-hybridized carbons (Fsp3) is 0.565. The lowest BCUT2D eigenvalue weighted by Gasteiger charge is -2.12. The second-order valence-corrected chi connectivity index (χ2v) is 8.48. The average Bonchev–Trinajstić information content (AvgIpc) is 2.72. The Morgan fingerprint density at radius 1 is 0.966 bits per heavy atom. The van der Waals surface area contributed by atoms with Crippen LogP contribution in [0, 0.1) is 9.65 Å². The average molecular weight is 514 g/mol. The lowest BCUT2D eigenvalue weighted by molar-refractivity contribution is 0.207. The van der Waals surface area contributed by atoms with Gasteiger partial charge in [-0.1, -0.05) is 76.8 Å². The van der Waals surface area contributed by atoms with E-state index in [1.165, 1.54) is 64.0 Å². The van der Waals surface area contributed by atoms with Crippen LogP contribution in [0.1, 0.15) is 88.5 Å². The van der Waals surface area contributed by atoms with Gasteiger partial charge in [-0.25, -0.2) is 4.98 Å². The summed E-state index contributed by atoms with van der Waals surface area (Å²) in [5.41, 5.74) is 0.496. The number of aliphatic hydroxyl groups excluding tert-OH is 1. The smallest absolute Gasteiger partial charge is 0.238 e. The monoisotopic (exact) mass is 514 g/mol. The third-order valence-electron chi connectivity index (χ3n) is 4.95. The van der Waals surface area contributed by atoms with E-state index in [0.717, 1.165) is 12.2 Å². The van der Waals surface area contributed by atoms with E-state index in [0.29, 0.717) is 15.9 Å². The molecule has 2 aromatic rings. The van der Waals surface area contributed by atoms with Crippen LogP contribution in [0.25, 0.3) is 0 Å². The van der Waals surface area contributed by atoms with Crippen LogP contribution >= 0.6 is 22.6 Å². The number of unbranched alkanes of at least 4 members (excludes halogenated alkanes) is 9. The molecule has 1 aromatic carbocycles. The van der Waals surface area contributed by atoms with Crippen molar-refractivity contribution in [2.45, 2.75) is 77.2 Å². The molecule has 0 amide bonds. The SMILES string of the molecule is CCCCCCCCCCCCOc1ccc(C(O)c2ncc(I)nc2F)cc1. The van der Waals surface area contributed by atoms with Crippen molar-refractivity contribution in [2.75, 3.05) is 6.61 Å². The lowest BCUT2D eigenvalue weighted by atomic mass is 10.1. The Bertz CT molecular complexity index is 713. The molecule has 0 saturated heterocycles. The first-order chi connectivity index (χ1) is 14.1. The number of ether oxygens (including phenoxy) is 1. The van der Waals surface area contributed by atoms with E-state index in [2.05, 4.69) is 16.9 Å². The maximum Gasteiger partial charge on any atom is 0.238 e. The van der Waals surface area contributed by atoms with Gasteiger partial charge in [0.1, 0.15) is 21.2 Å². The first-order valence-electron chi connectivity index (χ1n) is 10.7. The van der Waals surface area contributed by atoms with Crippen molar-refractivity contribution in [3.8, 4) is 5.75 Å². The predicted molar refractivity (Wildman–Crippen MR) is 123 cm³/mol. The van der Waals surface area contributed by atoms with Gasteiger partial charge in [0.15, 0.2) is 0 Å². The van der Waals surface area contributed by atoms with Gasteiger partial charge in [-0.3, -0.25) is 4.98 Å². The molecule has 0 aliphatic carbocycles. The van der Waals surface area contributed by atoms with Crippen molar-refractivity contribution >= 4 is 22.6 Å². The van der Waals surface area contributed by atoms with E-state index in [9.17, 15) is 9.50 Å². The topological polar surface area (TPSA) is 55.2 Å². The molecule has 6 heteroatoms. The summed E-state index contributed by atoms with van der Waals surface area (Å²) in [6, 6.07) is 7.06. The molecule has 1 heterocycles. The maximum atomic E-state index is 13.9. The first kappa shape index (κ1) is 24.0. The van der Waals surface area contributed by atoms with Crippen molar-refractivity contribution in [1.29, 1.82) is 0 Å². The maximum absolute atomic E-state index is 13.9. The summed E-state index contributed by atoms with van der Waals surface area (Å²) in [5, 5.41) is 10.3. The van der Waals surface area contributed by atoms with Crippen molar-refractivity contribution < 1.29 is 14.2 Å². The highest BCUT2D eigenvalue weighted by Crippen LogP contribution is 2.24. The molecule has 4 nitrogen and oxygen atoms in total. The molecule has 0 fully saturated rings. The van der Waals surface area contributed by atoms with Crippen LogP contribution < -0.4 is 4.74 Å². The van der Waals surface area contributed by atoms with E-state index in [4.69, 9.17) is 4.74 Å². The van der Waals surface area contributed by atoms with Crippen molar-refractivity contribution in [3.05, 3.63) is 51.4 Å². The number of nitrogens with zero attached hydrogens (tertiary/aromatic N) is 2. The Morgan fingerprint density at radius 2 is 1.55 bits per heavy atom. The summed E-state index contributed by atoms with van der Waals surface area (Å²) in [6.45, 7) is 2.94. The van der Waals surface area contributed by atoms with Gasteiger partial charge >= 0.3 is 0 Å². The molecule has 160 valence electrons. The van der Waals surface area contributed by atoms with Crippen molar-refractivity contribution in [1.82, 2.24) is 9.97 Å². The molecule has 0 saturated carbocycles. The largest absolute Gasteiger partial charge is 0.494 e. The quantitative estimate of drug-likeness (QED) is 0.228. The number of halogens is 2. The Labute approximate surface area is 187 Å². The van der Waals surface area contributed by atoms with Gasteiger partial charge in [0.05, 0.1) is 12.8 Å². The second kappa shape index (κ2) is 13.9. The highest BCUT2D eigenvalue weighted by Gasteiger charge is 2.18. The molecular weight excluding hydrogens is 482 g/mol. The standard InChI is InChI=1S/C23H32FIN2O2/c1-2-3-4-5-6-7-8-9-10-11-16-29-19-14-12-18(13-15-19)22(28)21-23(24)27-20(25)17-26-21/h12-15,17,22,28H,2-11,16H2,1H3. The zero-order valence-corrected chi connectivity index (χ0v) is 19.4. The normalized spacial score (nSPS) is 12.1. The van der Waals surface area contributed by atoms with E-state index >= 15 is 0 Å². The van der Waals surface area contributed by atoms with Crippen molar-refractivity contribution in [3.63, 3.8) is 0 Å². The molecule has 1 aromatic heterocycles. The highest BCUT2D eigenvalue weighted by atomic mass is 127. The van der Waals surface area contributed by atoms with E-state index in [1.807, 2.05) is 22.6 Å². The van der Waals surface area contributed by atoms with Crippen LogP contribution in [-0.2, 0) is 0 Å². The number of hydrogen-bond acceptors (Lipinski definition) is 4. The van der Waals surface area contributed by atoms with Crippen LogP contribution in [0.5, 0.6) is 5.75 Å². The summed E-state index contributed by atoms with van der Waals surface area (Å²) in [4.78, 5) is 7.66. The van der Waals surface area contributed by atoms with Gasteiger partial charge in [0.2, 0.25) is 5.95 Å². The molecule has 1 N–H and O–H groups in total. The fourth-order valence-corrected chi connectivity index (χ4v) is 3.57. The van der Waals surface area contributed by atoms with Gasteiger partial charge in [-0.2, -0.15) is 4.39 Å². The minimum atomic E-state index is -1.14. The summed E-state index contributed by atoms with van der Waals surface area (Å²) in [6.07, 6.45) is 13.3. The summed E-state index contributed by atoms with van der Waals surface area (Å²) in [7, 11) is 0. The van der Waals surface area contributed by atoms with Gasteiger partial charge in [0.25, 0.3) is 0 Å². The number of hydrogen-bond donors (Lipinski definition) is 1. The third-order valence-corrected chi connectivity index (χ3v) is 5.47. The fourth-order valence-electron chi connectivity index (χ4n) is 3.22. The Balaban J connectivity index is 1.63. The molecular formula is C23H32FIN2O2. The van der Waals surface area contributed by atoms with Gasteiger partial charge < -0.3 is 9.84 Å². The molecule has 2 rings (SSSR count). The minimum Gasteiger partial charge on any atom is -0.494 e. The van der Waals surface area contributed by atoms with Crippen molar-refractivity contribution in [2.24, 2.45) is 0 Å². The number of rotatable bonds is 14. The third kappa shape index (κ3) is 8.95. The molecule has 1 unspecified atom stereocenters. The van der Waals surface area contributed by atoms with Crippen LogP contribution in [0.3, 0.4) is 0 Å². The summed E-state index contributed by atoms with van der Waals surface area (Å²) >= 11 is 1.88. The number of aliphatic hydroxyl groups is 1. The number of benzene rings is 1. The summed E-state index contributed by atoms with van der Waals surface area (Å²) < 4.78 is 20.1. The molecule has 0 aliphatic rings. The van der Waals surface area contributed by atoms with Crippen LogP contribution in [-0.4, -0.2) is 21.7 Å². The zero-order valence-electron chi connectivity index (χ0n) is 17.2. The van der Waals surface area contributed by atoms with E-state index < -0.39 is 12.1 Å². The molecule has 0 aliphatic heterocycles. The minimum absolute atomic E-state index is 0.0653. The lowest BCUT2D eigenvalue weighted by Crippen LogP contribution is -2.08. The second-order valence-electron chi connectivity index (χ2n) is 7.37. The Hall–Kier alpha value is -1.28. The predicted octanol–water partition coefficient (Wildman–Crippen LogP) is 6.60. The summed E-state index contributed by atoms with van der Waals surface area (Å²) in [5.74, 6) is 0.0109. The van der Waals surface area contributed by atoms with Gasteiger partial charge in [-0.15, -0.1) is 0 Å². The molecule has 1 atom stereocenters. The van der Waals surface area contributed by atoms with Gasteiger partial charge in [-0.05, 0) is 46.7 Å². The van der Waals surface area contributed by atoms with Crippen LogP contribution in [0.4, 0.5) is 4.39 Å². The first-order valence-corrected chi connectivity index (χ1v) is 11.8. The molecule has 0 bridgehead atoms. The number of aromatic nitrogens is 2. The highest BCUT2D eigenvalue weighted by molar-refractivity contribution is 14.1. The Morgan fingerprint density at radius 3 is 2.14 bits per heavy atom. The van der Waals surface area contributed by atoms with Crippen LogP contribution in [0.15, 0.2) is 30.5 Å². The Kier molecular flexibility index (Phi) is 11.5. The molecule has 0 radical (unpaired) electrons. The zero-order chi connectivity index (χ0) is 20.9. The van der Waals surface area contributed by atoms with Crippen LogP contribution in [0.2, 0.25) is 0 Å². The van der Waals surface area contributed by atoms with E-state index in [1.54, 1.807) is 24.3 Å². The van der Waals surface area contributed by atoms with Gasteiger partial charge in [0, 0.05) is 0 Å². The molecule has 0 spiro atoms. The van der Waals surface area contributed by atoms with E-state index in [-0.39, 0.29) is 5.69 Å².